The van der Waals surface area contributed by atoms with Gasteiger partial charge in [0.1, 0.15) is 11.4 Å². The number of nitrogens with one attached hydrogen (secondary N) is 2. The summed E-state index contributed by atoms with van der Waals surface area (Å²) in [5.74, 6) is 0.714. The summed E-state index contributed by atoms with van der Waals surface area (Å²) in [5.41, 5.74) is 7.77. The van der Waals surface area contributed by atoms with E-state index in [0.717, 1.165) is 77.1 Å². The Bertz CT molecular complexity index is 1800. The minimum atomic E-state index is 0.0725. The summed E-state index contributed by atoms with van der Waals surface area (Å²) >= 11 is 14.2. The molecule has 234 valence electrons. The van der Waals surface area contributed by atoms with Gasteiger partial charge in [0.05, 0.1) is 35.1 Å². The molecule has 5 aromatic rings. The van der Waals surface area contributed by atoms with Crippen molar-refractivity contribution in [3.05, 3.63) is 88.2 Å². The van der Waals surface area contributed by atoms with Gasteiger partial charge < -0.3 is 29.8 Å². The predicted octanol–water partition coefficient (Wildman–Crippen LogP) is 6.64. The first-order valence-electron chi connectivity index (χ1n) is 15.2. The summed E-state index contributed by atoms with van der Waals surface area (Å²) < 4.78 is 13.2. The normalized spacial score (nSPS) is 13.9. The zero-order valence-corrected chi connectivity index (χ0v) is 27.0. The molecule has 1 fully saturated rings. The summed E-state index contributed by atoms with van der Waals surface area (Å²) in [5, 5.41) is 18.2. The van der Waals surface area contributed by atoms with Crippen LogP contribution in [0.25, 0.3) is 44.7 Å². The van der Waals surface area contributed by atoms with Crippen molar-refractivity contribution in [3.63, 3.8) is 0 Å². The number of ether oxygens (including phenoxy) is 2. The van der Waals surface area contributed by atoms with E-state index in [9.17, 15) is 0 Å². The number of aryl methyl sites for hydroxylation is 1. The third kappa shape index (κ3) is 6.72. The van der Waals surface area contributed by atoms with Gasteiger partial charge in [-0.15, -0.1) is 0 Å². The van der Waals surface area contributed by atoms with Crippen LogP contribution in [-0.4, -0.2) is 59.2 Å². The molecule has 4 heterocycles. The smallest absolute Gasteiger partial charge is 0.140 e. The van der Waals surface area contributed by atoms with Crippen LogP contribution in [0.2, 0.25) is 10.0 Å². The van der Waals surface area contributed by atoms with E-state index in [2.05, 4.69) is 32.4 Å². The van der Waals surface area contributed by atoms with Crippen LogP contribution in [0.5, 0.6) is 5.75 Å². The van der Waals surface area contributed by atoms with Crippen LogP contribution in [0.4, 0.5) is 0 Å². The molecule has 0 saturated carbocycles. The van der Waals surface area contributed by atoms with Crippen LogP contribution in [0, 0.1) is 0 Å². The standard InChI is InChI=1S/C35H37Cl2N5O3/c1-42-21-24(20-40-25-11-16-45-17-12-25)26-8-9-30(41-35(26)42)29-5-3-4-27(32(29)36)28-10-13-39-34(33(28)37)22-6-7-23(19-38-14-15-43)31(18-22)44-2/h3-10,13,18,21,25,38,40,43H,11-12,14-17,19-20H2,1-2H3. The van der Waals surface area contributed by atoms with Gasteiger partial charge in [-0.05, 0) is 42.7 Å². The van der Waals surface area contributed by atoms with E-state index in [1.807, 2.05) is 55.6 Å². The number of hydrogen-bond acceptors (Lipinski definition) is 7. The molecule has 0 atom stereocenters. The molecule has 3 aromatic heterocycles. The van der Waals surface area contributed by atoms with Gasteiger partial charge in [-0.2, -0.15) is 0 Å². The number of aromatic nitrogens is 3. The first kappa shape index (κ1) is 31.5. The molecule has 0 radical (unpaired) electrons. The molecule has 1 aliphatic rings. The number of hydrogen-bond donors (Lipinski definition) is 3. The third-order valence-corrected chi connectivity index (χ3v) is 9.12. The molecule has 1 aliphatic heterocycles. The quantitative estimate of drug-likeness (QED) is 0.139. The highest BCUT2D eigenvalue weighted by molar-refractivity contribution is 6.39. The van der Waals surface area contributed by atoms with Gasteiger partial charge in [0.2, 0.25) is 0 Å². The van der Waals surface area contributed by atoms with Gasteiger partial charge in [-0.25, -0.2) is 4.98 Å². The highest BCUT2D eigenvalue weighted by Gasteiger charge is 2.19. The third-order valence-electron chi connectivity index (χ3n) is 8.33. The van der Waals surface area contributed by atoms with E-state index in [1.54, 1.807) is 13.3 Å². The van der Waals surface area contributed by atoms with E-state index in [0.29, 0.717) is 40.6 Å². The van der Waals surface area contributed by atoms with Crippen molar-refractivity contribution in [2.45, 2.75) is 32.0 Å². The number of methoxy groups -OCH3 is 1. The first-order chi connectivity index (χ1) is 22.0. The molecule has 0 aliphatic carbocycles. The van der Waals surface area contributed by atoms with Crippen LogP contribution in [0.1, 0.15) is 24.0 Å². The summed E-state index contributed by atoms with van der Waals surface area (Å²) in [4.78, 5) is 9.66. The lowest BCUT2D eigenvalue weighted by Crippen LogP contribution is -2.34. The SMILES string of the molecule is COc1cc(-c2nccc(-c3cccc(-c4ccc5c(CNC6CCOCC6)cn(C)c5n4)c3Cl)c2Cl)ccc1CNCCO. The number of aliphatic hydroxyl groups excluding tert-OH is 1. The van der Waals surface area contributed by atoms with Crippen molar-refractivity contribution in [2.24, 2.45) is 7.05 Å². The molecular formula is C35H37Cl2N5O3. The van der Waals surface area contributed by atoms with Gasteiger partial charge in [0.15, 0.2) is 0 Å². The molecule has 0 bridgehead atoms. The van der Waals surface area contributed by atoms with Crippen molar-refractivity contribution in [1.29, 1.82) is 0 Å². The highest BCUT2D eigenvalue weighted by atomic mass is 35.5. The molecule has 0 unspecified atom stereocenters. The Morgan fingerprint density at radius 2 is 1.78 bits per heavy atom. The van der Waals surface area contributed by atoms with Gasteiger partial charge in [-0.3, -0.25) is 4.98 Å². The fourth-order valence-corrected chi connectivity index (χ4v) is 6.56. The second kappa shape index (κ2) is 14.3. The molecule has 1 saturated heterocycles. The summed E-state index contributed by atoms with van der Waals surface area (Å²) in [6, 6.07) is 18.3. The molecular weight excluding hydrogens is 609 g/mol. The Hall–Kier alpha value is -3.50. The summed E-state index contributed by atoms with van der Waals surface area (Å²) in [7, 11) is 3.66. The molecule has 45 heavy (non-hydrogen) atoms. The number of nitrogens with zero attached hydrogens (tertiary/aromatic N) is 3. The Balaban J connectivity index is 1.30. The fourth-order valence-electron chi connectivity index (χ4n) is 5.91. The average molecular weight is 647 g/mol. The van der Waals surface area contributed by atoms with Crippen LogP contribution < -0.4 is 15.4 Å². The Labute approximate surface area is 273 Å². The topological polar surface area (TPSA) is 93.5 Å². The van der Waals surface area contributed by atoms with E-state index in [-0.39, 0.29) is 6.61 Å². The number of pyridine rings is 2. The molecule has 8 nitrogen and oxygen atoms in total. The molecule has 0 amide bonds. The second-order valence-electron chi connectivity index (χ2n) is 11.2. The molecule has 2 aromatic carbocycles. The zero-order chi connectivity index (χ0) is 31.3. The lowest BCUT2D eigenvalue weighted by atomic mass is 9.99. The lowest BCUT2D eigenvalue weighted by molar-refractivity contribution is 0.0776. The minimum absolute atomic E-state index is 0.0725. The van der Waals surface area contributed by atoms with Crippen LogP contribution in [0.3, 0.4) is 0 Å². The summed E-state index contributed by atoms with van der Waals surface area (Å²) in [6.07, 6.45) is 5.97. The Morgan fingerprint density at radius 3 is 2.58 bits per heavy atom. The van der Waals surface area contributed by atoms with Crippen molar-refractivity contribution in [3.8, 4) is 39.4 Å². The maximum absolute atomic E-state index is 9.09. The Morgan fingerprint density at radius 1 is 0.978 bits per heavy atom. The zero-order valence-electron chi connectivity index (χ0n) is 25.4. The van der Waals surface area contributed by atoms with E-state index >= 15 is 0 Å². The predicted molar refractivity (Wildman–Crippen MR) is 181 cm³/mol. The monoisotopic (exact) mass is 645 g/mol. The second-order valence-corrected chi connectivity index (χ2v) is 12.0. The van der Waals surface area contributed by atoms with Gasteiger partial charge >= 0.3 is 0 Å². The van der Waals surface area contributed by atoms with Crippen LogP contribution >= 0.6 is 23.2 Å². The number of halogens is 2. The van der Waals surface area contributed by atoms with E-state index < -0.39 is 0 Å². The first-order valence-corrected chi connectivity index (χ1v) is 15.9. The number of benzene rings is 2. The molecule has 0 spiro atoms. The average Bonchev–Trinajstić information content (AvgIpc) is 3.39. The fraction of sp³-hybridized carbons (Fsp3) is 0.314. The van der Waals surface area contributed by atoms with E-state index in [1.165, 1.54) is 5.56 Å². The Kier molecular flexibility index (Phi) is 10.00. The van der Waals surface area contributed by atoms with E-state index in [4.69, 9.17) is 42.8 Å². The number of aliphatic hydroxyl groups is 1. The molecule has 6 rings (SSSR count). The van der Waals surface area contributed by atoms with Gasteiger partial charge in [-0.1, -0.05) is 53.5 Å². The summed E-state index contributed by atoms with van der Waals surface area (Å²) in [6.45, 7) is 3.57. The van der Waals surface area contributed by atoms with Crippen molar-refractivity contribution < 1.29 is 14.6 Å². The van der Waals surface area contributed by atoms with Crippen molar-refractivity contribution in [1.82, 2.24) is 25.2 Å². The van der Waals surface area contributed by atoms with Gasteiger partial charge in [0.25, 0.3) is 0 Å². The number of fused-ring (bicyclic) bond motifs is 1. The van der Waals surface area contributed by atoms with Crippen LogP contribution in [-0.2, 0) is 24.9 Å². The van der Waals surface area contributed by atoms with Crippen molar-refractivity contribution >= 4 is 34.2 Å². The highest BCUT2D eigenvalue weighted by Crippen LogP contribution is 2.42. The largest absolute Gasteiger partial charge is 0.496 e. The van der Waals surface area contributed by atoms with Crippen molar-refractivity contribution in [2.75, 3.05) is 33.5 Å². The lowest BCUT2D eigenvalue weighted by Gasteiger charge is -2.23. The number of rotatable bonds is 11. The van der Waals surface area contributed by atoms with Gasteiger partial charge in [0, 0.05) is 91.5 Å². The van der Waals surface area contributed by atoms with Crippen LogP contribution in [0.15, 0.2) is 67.0 Å². The maximum atomic E-state index is 9.09. The maximum Gasteiger partial charge on any atom is 0.140 e. The molecule has 3 N–H and O–H groups in total. The molecule has 10 heteroatoms. The minimum Gasteiger partial charge on any atom is -0.496 e.